The third-order valence-corrected chi connectivity index (χ3v) is 3.79. The molecule has 1 fully saturated rings. The van der Waals surface area contributed by atoms with E-state index in [1.165, 1.54) is 24.3 Å². The molecular weight excluding hydrogens is 103 g/mol. The fraction of sp³-hybridized carbons (Fsp3) is 0.667. The minimum absolute atomic E-state index is 0.279. The van der Waals surface area contributed by atoms with Crippen molar-refractivity contribution < 1.29 is 0 Å². The number of hydrogen-bond donors (Lipinski definition) is 0. The second-order valence-electron chi connectivity index (χ2n) is 2.09. The van der Waals surface area contributed by atoms with Crippen LogP contribution in [0.3, 0.4) is 0 Å². The van der Waals surface area contributed by atoms with E-state index in [0.29, 0.717) is 0 Å². The molecule has 40 valence electrons. The zero-order valence-corrected chi connectivity index (χ0v) is 5.67. The van der Waals surface area contributed by atoms with E-state index in [1.807, 2.05) is 0 Å². The summed E-state index contributed by atoms with van der Waals surface area (Å²) in [6.07, 6.45) is 4.15. The molecule has 0 bridgehead atoms. The fourth-order valence-electron chi connectivity index (χ4n) is 0.869. The van der Waals surface area contributed by atoms with Gasteiger partial charge in [-0.05, 0) is 25.7 Å². The Kier molecular flexibility index (Phi) is 1.49. The SMILES string of the molecule is C=C1CCCP1C. The molecule has 0 aliphatic carbocycles. The van der Waals surface area contributed by atoms with E-state index in [2.05, 4.69) is 13.2 Å². The molecule has 1 saturated heterocycles. The van der Waals surface area contributed by atoms with Crippen LogP contribution < -0.4 is 0 Å². The summed E-state index contributed by atoms with van der Waals surface area (Å²) < 4.78 is 0. The molecule has 1 atom stereocenters. The van der Waals surface area contributed by atoms with Crippen LogP contribution in [0.5, 0.6) is 0 Å². The quantitative estimate of drug-likeness (QED) is 0.424. The summed E-state index contributed by atoms with van der Waals surface area (Å²) in [5.41, 5.74) is 0. The molecule has 0 nitrogen and oxygen atoms in total. The summed E-state index contributed by atoms with van der Waals surface area (Å²) >= 11 is 0. The standard InChI is InChI=1S/C6H11P/c1-6-4-3-5-7(6)2/h1,3-5H2,2H3. The second kappa shape index (κ2) is 1.96. The van der Waals surface area contributed by atoms with Gasteiger partial charge in [-0.15, -0.1) is 0 Å². The van der Waals surface area contributed by atoms with Gasteiger partial charge >= 0.3 is 0 Å². The molecule has 1 unspecified atom stereocenters. The first-order valence-electron chi connectivity index (χ1n) is 2.69. The lowest BCUT2D eigenvalue weighted by molar-refractivity contribution is 0.997. The minimum Gasteiger partial charge on any atom is -0.0954 e. The molecule has 1 aliphatic rings. The van der Waals surface area contributed by atoms with Gasteiger partial charge < -0.3 is 0 Å². The molecule has 0 aromatic rings. The normalized spacial score (nSPS) is 31.6. The Morgan fingerprint density at radius 2 is 2.43 bits per heavy atom. The van der Waals surface area contributed by atoms with Gasteiger partial charge in [0.25, 0.3) is 0 Å². The Labute approximate surface area is 46.4 Å². The van der Waals surface area contributed by atoms with E-state index in [4.69, 9.17) is 0 Å². The lowest BCUT2D eigenvalue weighted by atomic mass is 10.3. The Morgan fingerprint density at radius 3 is 2.57 bits per heavy atom. The maximum atomic E-state index is 3.96. The molecule has 7 heavy (non-hydrogen) atoms. The molecule has 0 N–H and O–H groups in total. The third kappa shape index (κ3) is 1.04. The minimum atomic E-state index is 0.279. The summed E-state index contributed by atoms with van der Waals surface area (Å²) in [5, 5.41) is 1.52. The van der Waals surface area contributed by atoms with Crippen molar-refractivity contribution in [2.45, 2.75) is 12.8 Å². The van der Waals surface area contributed by atoms with Crippen molar-refractivity contribution in [1.29, 1.82) is 0 Å². The van der Waals surface area contributed by atoms with E-state index in [9.17, 15) is 0 Å². The summed E-state index contributed by atoms with van der Waals surface area (Å²) in [6, 6.07) is 0. The van der Waals surface area contributed by atoms with Gasteiger partial charge in [0.2, 0.25) is 0 Å². The third-order valence-electron chi connectivity index (χ3n) is 1.50. The van der Waals surface area contributed by atoms with Crippen molar-refractivity contribution in [2.24, 2.45) is 0 Å². The summed E-state index contributed by atoms with van der Waals surface area (Å²) in [6.45, 7) is 6.29. The van der Waals surface area contributed by atoms with Crippen LogP contribution in [0.1, 0.15) is 12.8 Å². The maximum Gasteiger partial charge on any atom is -0.0277 e. The largest absolute Gasteiger partial charge is 0.0954 e. The molecule has 0 saturated carbocycles. The Hall–Kier alpha value is 0.170. The van der Waals surface area contributed by atoms with Crippen LogP contribution in [0.15, 0.2) is 11.9 Å². The van der Waals surface area contributed by atoms with Crippen molar-refractivity contribution in [2.75, 3.05) is 12.8 Å². The van der Waals surface area contributed by atoms with Crippen LogP contribution in [0.2, 0.25) is 0 Å². The van der Waals surface area contributed by atoms with Gasteiger partial charge in [0, 0.05) is 0 Å². The average molecular weight is 114 g/mol. The van der Waals surface area contributed by atoms with E-state index in [0.717, 1.165) is 0 Å². The summed E-state index contributed by atoms with van der Waals surface area (Å²) in [4.78, 5) is 0. The first-order chi connectivity index (χ1) is 3.30. The Bertz CT molecular complexity index is 86.2. The molecule has 0 amide bonds. The van der Waals surface area contributed by atoms with Crippen LogP contribution >= 0.6 is 7.92 Å². The lowest BCUT2D eigenvalue weighted by Gasteiger charge is -1.98. The monoisotopic (exact) mass is 114 g/mol. The van der Waals surface area contributed by atoms with Crippen LogP contribution in [0.25, 0.3) is 0 Å². The molecule has 1 aliphatic heterocycles. The van der Waals surface area contributed by atoms with Gasteiger partial charge in [-0.3, -0.25) is 0 Å². The van der Waals surface area contributed by atoms with E-state index in [1.54, 1.807) is 0 Å². The lowest BCUT2D eigenvalue weighted by Crippen LogP contribution is -1.64. The molecule has 0 spiro atoms. The van der Waals surface area contributed by atoms with Gasteiger partial charge in [0.15, 0.2) is 0 Å². The first-order valence-corrected chi connectivity index (χ1v) is 4.67. The van der Waals surface area contributed by atoms with Gasteiger partial charge in [0.1, 0.15) is 0 Å². The number of rotatable bonds is 0. The zero-order chi connectivity index (χ0) is 5.28. The predicted octanol–water partition coefficient (Wildman–Crippen LogP) is 2.41. The van der Waals surface area contributed by atoms with Gasteiger partial charge in [-0.1, -0.05) is 19.8 Å². The van der Waals surface area contributed by atoms with E-state index in [-0.39, 0.29) is 7.92 Å². The van der Waals surface area contributed by atoms with Gasteiger partial charge in [0.05, 0.1) is 0 Å². The highest BCUT2D eigenvalue weighted by Crippen LogP contribution is 2.48. The summed E-state index contributed by atoms with van der Waals surface area (Å²) in [7, 11) is 0.279. The van der Waals surface area contributed by atoms with Crippen molar-refractivity contribution in [3.63, 3.8) is 0 Å². The molecule has 0 aromatic heterocycles. The number of hydrogen-bond acceptors (Lipinski definition) is 0. The van der Waals surface area contributed by atoms with Crippen LogP contribution in [0, 0.1) is 0 Å². The van der Waals surface area contributed by atoms with E-state index < -0.39 is 0 Å². The van der Waals surface area contributed by atoms with Crippen molar-refractivity contribution in [1.82, 2.24) is 0 Å². The maximum absolute atomic E-state index is 3.96. The fourth-order valence-corrected chi connectivity index (χ4v) is 2.36. The molecule has 1 rings (SSSR count). The number of allylic oxidation sites excluding steroid dienone is 1. The van der Waals surface area contributed by atoms with Crippen LogP contribution in [-0.2, 0) is 0 Å². The topological polar surface area (TPSA) is 0 Å². The first kappa shape index (κ1) is 5.31. The van der Waals surface area contributed by atoms with Crippen LogP contribution in [0.4, 0.5) is 0 Å². The summed E-state index contributed by atoms with van der Waals surface area (Å²) in [5.74, 6) is 0. The molecule has 0 radical (unpaired) electrons. The second-order valence-corrected chi connectivity index (χ2v) is 4.57. The van der Waals surface area contributed by atoms with Crippen LogP contribution in [-0.4, -0.2) is 12.8 Å². The molecular formula is C6H11P. The molecule has 0 aromatic carbocycles. The van der Waals surface area contributed by atoms with Gasteiger partial charge in [-0.2, -0.15) is 0 Å². The molecule has 1 heterocycles. The van der Waals surface area contributed by atoms with Crippen molar-refractivity contribution in [3.8, 4) is 0 Å². The molecule has 1 heteroatoms. The zero-order valence-electron chi connectivity index (χ0n) is 4.78. The van der Waals surface area contributed by atoms with Gasteiger partial charge in [-0.25, -0.2) is 0 Å². The van der Waals surface area contributed by atoms with Crippen molar-refractivity contribution in [3.05, 3.63) is 11.9 Å². The highest BCUT2D eigenvalue weighted by Gasteiger charge is 2.11. The van der Waals surface area contributed by atoms with Crippen molar-refractivity contribution >= 4 is 7.92 Å². The highest BCUT2D eigenvalue weighted by atomic mass is 31.1. The average Bonchev–Trinajstić information content (AvgIpc) is 1.91. The predicted molar refractivity (Wildman–Crippen MR) is 36.1 cm³/mol. The Balaban J connectivity index is 2.48. The highest BCUT2D eigenvalue weighted by molar-refractivity contribution is 7.61. The Morgan fingerprint density at radius 1 is 1.71 bits per heavy atom. The van der Waals surface area contributed by atoms with E-state index >= 15 is 0 Å². The smallest absolute Gasteiger partial charge is 0.0277 e.